The van der Waals surface area contributed by atoms with Crippen molar-refractivity contribution in [3.05, 3.63) is 29.1 Å². The number of thiazole rings is 1. The number of methoxy groups -OCH3 is 2. The largest absolute Gasteiger partial charge is 0.507 e. The predicted octanol–water partition coefficient (Wildman–Crippen LogP) is 2.84. The van der Waals surface area contributed by atoms with Crippen LogP contribution in [0.5, 0.6) is 5.75 Å². The van der Waals surface area contributed by atoms with Crippen molar-refractivity contribution >= 4 is 22.4 Å². The first kappa shape index (κ1) is 17.3. The summed E-state index contributed by atoms with van der Waals surface area (Å²) >= 11 is 1.52. The van der Waals surface area contributed by atoms with E-state index in [-0.39, 0.29) is 23.7 Å². The molecule has 1 saturated carbocycles. The van der Waals surface area contributed by atoms with Crippen LogP contribution >= 0.6 is 11.3 Å². The van der Waals surface area contributed by atoms with Gasteiger partial charge in [-0.15, -0.1) is 11.3 Å². The van der Waals surface area contributed by atoms with Gasteiger partial charge in [-0.1, -0.05) is 12.1 Å². The lowest BCUT2D eigenvalue weighted by atomic mass is 9.97. The number of aryl methyl sites for hydroxylation is 1. The van der Waals surface area contributed by atoms with Gasteiger partial charge in [-0.2, -0.15) is 0 Å². The molecule has 1 aromatic carbocycles. The van der Waals surface area contributed by atoms with Gasteiger partial charge < -0.3 is 19.5 Å². The molecule has 6 nitrogen and oxygen atoms in total. The first-order valence-electron chi connectivity index (χ1n) is 8.61. The number of rotatable bonds is 5. The van der Waals surface area contributed by atoms with E-state index in [1.807, 2.05) is 30.5 Å². The molecular weight excluding hydrogens is 352 g/mol. The van der Waals surface area contributed by atoms with Crippen molar-refractivity contribution in [3.8, 4) is 17.0 Å². The molecular formula is C19H22N2O4S. The van der Waals surface area contributed by atoms with Gasteiger partial charge in [0.25, 0.3) is 0 Å². The molecule has 1 N–H and O–H groups in total. The maximum absolute atomic E-state index is 12.4. The molecule has 3 atom stereocenters. The van der Waals surface area contributed by atoms with Crippen molar-refractivity contribution in [2.24, 2.45) is 11.3 Å². The number of fused-ring (bicyclic) bond motifs is 1. The molecule has 1 aliphatic heterocycles. The second-order valence-electron chi connectivity index (χ2n) is 7.04. The van der Waals surface area contributed by atoms with E-state index in [1.54, 1.807) is 7.11 Å². The standard InChI is InChI=1S/C19H22N2O4S/c1-11-5-4-6-13(16(11)22)14-10-26-18(20-14)21-8-12-7-19(12,17(23)25-3)15(21)9-24-2/h4-6,10,12,15,22H,7-9H2,1-3H3/t12-,15+,19+/m0/s1. The fraction of sp³-hybridized carbons (Fsp3) is 0.474. The molecule has 26 heavy (non-hydrogen) atoms. The Morgan fingerprint density at radius 1 is 1.46 bits per heavy atom. The second-order valence-corrected chi connectivity index (χ2v) is 7.88. The maximum atomic E-state index is 12.4. The third-order valence-electron chi connectivity index (χ3n) is 5.68. The zero-order valence-corrected chi connectivity index (χ0v) is 15.9. The summed E-state index contributed by atoms with van der Waals surface area (Å²) in [5, 5.41) is 13.1. The maximum Gasteiger partial charge on any atom is 0.314 e. The number of carbonyl (C=O) groups is 1. The van der Waals surface area contributed by atoms with Crippen molar-refractivity contribution in [1.29, 1.82) is 0 Å². The highest BCUT2D eigenvalue weighted by Crippen LogP contribution is 2.63. The van der Waals surface area contributed by atoms with Crippen molar-refractivity contribution in [3.63, 3.8) is 0 Å². The Morgan fingerprint density at radius 2 is 2.27 bits per heavy atom. The molecule has 138 valence electrons. The Morgan fingerprint density at radius 3 is 3.00 bits per heavy atom. The van der Waals surface area contributed by atoms with Crippen molar-refractivity contribution in [1.82, 2.24) is 4.98 Å². The van der Waals surface area contributed by atoms with Gasteiger partial charge in [0.05, 0.1) is 30.9 Å². The molecule has 0 spiro atoms. The number of hydrogen-bond donors (Lipinski definition) is 1. The average Bonchev–Trinajstić information content (AvgIpc) is 3.01. The minimum atomic E-state index is -0.470. The van der Waals surface area contributed by atoms with Gasteiger partial charge in [0.2, 0.25) is 0 Å². The zero-order chi connectivity index (χ0) is 18.5. The fourth-order valence-corrected chi connectivity index (χ4v) is 5.08. The number of piperidine rings is 1. The predicted molar refractivity (Wildman–Crippen MR) is 99.5 cm³/mol. The molecule has 2 fully saturated rings. The molecule has 2 aromatic rings. The Balaban J connectivity index is 1.65. The Bertz CT molecular complexity index is 852. The molecule has 0 unspecified atom stereocenters. The molecule has 1 aliphatic carbocycles. The van der Waals surface area contributed by atoms with Gasteiger partial charge in [-0.05, 0) is 30.9 Å². The highest BCUT2D eigenvalue weighted by Gasteiger charge is 2.71. The normalized spacial score (nSPS) is 26.7. The van der Waals surface area contributed by atoms with E-state index in [0.717, 1.165) is 34.9 Å². The third-order valence-corrected chi connectivity index (χ3v) is 6.56. The van der Waals surface area contributed by atoms with Crippen LogP contribution in [0.4, 0.5) is 5.13 Å². The van der Waals surface area contributed by atoms with E-state index in [4.69, 9.17) is 14.5 Å². The lowest BCUT2D eigenvalue weighted by Gasteiger charge is -2.30. The van der Waals surface area contributed by atoms with Crippen LogP contribution in [0.2, 0.25) is 0 Å². The molecule has 0 radical (unpaired) electrons. The SMILES string of the molecule is COC[C@H]1N(c2nc(-c3cccc(C)c3O)cs2)C[C@@H]2C[C@@]21C(=O)OC. The highest BCUT2D eigenvalue weighted by atomic mass is 32.1. The monoisotopic (exact) mass is 374 g/mol. The number of ether oxygens (including phenoxy) is 2. The first-order valence-corrected chi connectivity index (χ1v) is 9.49. The van der Waals surface area contributed by atoms with Gasteiger partial charge in [0.1, 0.15) is 5.75 Å². The smallest absolute Gasteiger partial charge is 0.314 e. The number of esters is 1. The van der Waals surface area contributed by atoms with Crippen LogP contribution < -0.4 is 4.90 Å². The van der Waals surface area contributed by atoms with Gasteiger partial charge >= 0.3 is 5.97 Å². The summed E-state index contributed by atoms with van der Waals surface area (Å²) in [5.41, 5.74) is 1.82. The van der Waals surface area contributed by atoms with Gasteiger partial charge in [0, 0.05) is 24.6 Å². The van der Waals surface area contributed by atoms with Crippen LogP contribution in [0.15, 0.2) is 23.6 Å². The molecule has 7 heteroatoms. The number of para-hydroxylation sites is 1. The number of benzene rings is 1. The number of carbonyl (C=O) groups excluding carboxylic acids is 1. The summed E-state index contributed by atoms with van der Waals surface area (Å²) < 4.78 is 10.5. The van der Waals surface area contributed by atoms with E-state index in [9.17, 15) is 9.90 Å². The molecule has 2 aliphatic rings. The molecule has 2 heterocycles. The summed E-state index contributed by atoms with van der Waals surface area (Å²) in [4.78, 5) is 19.3. The quantitative estimate of drug-likeness (QED) is 0.812. The van der Waals surface area contributed by atoms with Crippen LogP contribution in [0.1, 0.15) is 12.0 Å². The Hall–Kier alpha value is -2.12. The first-order chi connectivity index (χ1) is 12.5. The third kappa shape index (κ3) is 2.41. The van der Waals surface area contributed by atoms with Crippen LogP contribution in [0.25, 0.3) is 11.3 Å². The topological polar surface area (TPSA) is 71.9 Å². The van der Waals surface area contributed by atoms with Gasteiger partial charge in [-0.25, -0.2) is 4.98 Å². The minimum absolute atomic E-state index is 0.0740. The van der Waals surface area contributed by atoms with Crippen LogP contribution in [-0.2, 0) is 14.3 Å². The molecule has 4 rings (SSSR count). The summed E-state index contributed by atoms with van der Waals surface area (Å²) in [5.74, 6) is 0.392. The number of anilines is 1. The van der Waals surface area contributed by atoms with Crippen LogP contribution in [-0.4, -0.2) is 49.5 Å². The zero-order valence-electron chi connectivity index (χ0n) is 15.1. The summed E-state index contributed by atoms with van der Waals surface area (Å²) in [7, 11) is 3.10. The van der Waals surface area contributed by atoms with E-state index >= 15 is 0 Å². The van der Waals surface area contributed by atoms with Crippen molar-refractivity contribution < 1.29 is 19.4 Å². The number of nitrogens with zero attached hydrogens (tertiary/aromatic N) is 2. The lowest BCUT2D eigenvalue weighted by Crippen LogP contribution is -2.44. The van der Waals surface area contributed by atoms with Gasteiger partial charge in [-0.3, -0.25) is 4.79 Å². The minimum Gasteiger partial charge on any atom is -0.507 e. The average molecular weight is 374 g/mol. The van der Waals surface area contributed by atoms with Crippen LogP contribution in [0, 0.1) is 18.3 Å². The van der Waals surface area contributed by atoms with E-state index in [1.165, 1.54) is 18.4 Å². The summed E-state index contributed by atoms with van der Waals surface area (Å²) in [6.07, 6.45) is 0.848. The Labute approximate surface area is 156 Å². The van der Waals surface area contributed by atoms with E-state index in [2.05, 4.69) is 4.90 Å². The van der Waals surface area contributed by atoms with Crippen molar-refractivity contribution in [2.45, 2.75) is 19.4 Å². The molecule has 0 amide bonds. The van der Waals surface area contributed by atoms with Gasteiger partial charge in [0.15, 0.2) is 5.13 Å². The molecule has 1 saturated heterocycles. The lowest BCUT2D eigenvalue weighted by molar-refractivity contribution is -0.148. The number of phenolic OH excluding ortho intramolecular Hbond substituents is 1. The summed E-state index contributed by atoms with van der Waals surface area (Å²) in [6, 6.07) is 5.57. The number of aromatic nitrogens is 1. The highest BCUT2D eigenvalue weighted by molar-refractivity contribution is 7.14. The second kappa shape index (κ2) is 6.25. The number of aromatic hydroxyl groups is 1. The molecule has 1 aromatic heterocycles. The van der Waals surface area contributed by atoms with Crippen molar-refractivity contribution in [2.75, 3.05) is 32.3 Å². The Kier molecular flexibility index (Phi) is 4.16. The molecule has 0 bridgehead atoms. The number of phenols is 1. The van der Waals surface area contributed by atoms with Crippen LogP contribution in [0.3, 0.4) is 0 Å². The van der Waals surface area contributed by atoms with E-state index in [0.29, 0.717) is 6.61 Å². The fourth-order valence-electron chi connectivity index (χ4n) is 4.20. The number of hydrogen-bond acceptors (Lipinski definition) is 7. The van der Waals surface area contributed by atoms with E-state index < -0.39 is 5.41 Å². The summed E-state index contributed by atoms with van der Waals surface area (Å²) in [6.45, 7) is 3.10.